The van der Waals surface area contributed by atoms with E-state index in [0.29, 0.717) is 6.04 Å². The van der Waals surface area contributed by atoms with Crippen LogP contribution in [0.2, 0.25) is 0 Å². The molecule has 2 heterocycles. The van der Waals surface area contributed by atoms with E-state index >= 15 is 0 Å². The number of benzene rings is 2. The SMILES string of the molecule is Cc1cc(C(c2ccccc2)N2CCc3c[c]ccc3C2)c(C)[nH]1. The maximum atomic E-state index is 3.48. The maximum absolute atomic E-state index is 3.48. The highest BCUT2D eigenvalue weighted by Gasteiger charge is 2.27. The first kappa shape index (κ1) is 15.2. The van der Waals surface area contributed by atoms with E-state index in [2.05, 4.69) is 78.3 Å². The summed E-state index contributed by atoms with van der Waals surface area (Å²) in [5.41, 5.74) is 8.15. The summed E-state index contributed by atoms with van der Waals surface area (Å²) in [4.78, 5) is 6.09. The number of fused-ring (bicyclic) bond motifs is 1. The van der Waals surface area contributed by atoms with Crippen LogP contribution in [0.4, 0.5) is 0 Å². The smallest absolute Gasteiger partial charge is 0.0622 e. The van der Waals surface area contributed by atoms with E-state index in [1.54, 1.807) is 0 Å². The first-order valence-electron chi connectivity index (χ1n) is 8.65. The van der Waals surface area contributed by atoms with Gasteiger partial charge >= 0.3 is 0 Å². The molecule has 121 valence electrons. The molecule has 1 aromatic heterocycles. The Morgan fingerprint density at radius 1 is 1.08 bits per heavy atom. The molecule has 1 aliphatic rings. The van der Waals surface area contributed by atoms with Gasteiger partial charge in [-0.2, -0.15) is 0 Å². The van der Waals surface area contributed by atoms with Crippen LogP contribution in [0, 0.1) is 19.9 Å². The summed E-state index contributed by atoms with van der Waals surface area (Å²) in [6, 6.07) is 23.1. The van der Waals surface area contributed by atoms with Crippen molar-refractivity contribution in [2.45, 2.75) is 32.9 Å². The van der Waals surface area contributed by atoms with Gasteiger partial charge in [-0.05, 0) is 54.7 Å². The number of hydrogen-bond acceptors (Lipinski definition) is 1. The second-order valence-electron chi connectivity index (χ2n) is 6.76. The normalized spacial score (nSPS) is 15.9. The Morgan fingerprint density at radius 2 is 1.92 bits per heavy atom. The second kappa shape index (κ2) is 6.29. The molecule has 24 heavy (non-hydrogen) atoms. The zero-order valence-electron chi connectivity index (χ0n) is 14.3. The van der Waals surface area contributed by atoms with E-state index < -0.39 is 0 Å². The fourth-order valence-corrected chi connectivity index (χ4v) is 3.92. The fraction of sp³-hybridized carbons (Fsp3) is 0.273. The van der Waals surface area contributed by atoms with Crippen LogP contribution >= 0.6 is 0 Å². The van der Waals surface area contributed by atoms with Gasteiger partial charge in [-0.3, -0.25) is 4.90 Å². The standard InChI is InChI=1S/C22H23N2/c1-16-14-21(17(2)23-16)22(19-9-4-3-5-10-19)24-13-12-18-8-6-7-11-20(18)15-24/h3-5,7-11,14,22-23H,12-13,15H2,1-2H3. The maximum Gasteiger partial charge on any atom is 0.0622 e. The lowest BCUT2D eigenvalue weighted by atomic mass is 9.92. The van der Waals surface area contributed by atoms with E-state index in [9.17, 15) is 0 Å². The summed E-state index contributed by atoms with van der Waals surface area (Å²) in [6.07, 6.45) is 1.10. The number of aromatic nitrogens is 1. The summed E-state index contributed by atoms with van der Waals surface area (Å²) in [7, 11) is 0. The molecule has 0 amide bonds. The summed E-state index contributed by atoms with van der Waals surface area (Å²) in [5, 5.41) is 0. The molecule has 0 spiro atoms. The number of H-pyrrole nitrogens is 1. The number of aromatic amines is 1. The summed E-state index contributed by atoms with van der Waals surface area (Å²) in [5.74, 6) is 0. The number of aryl methyl sites for hydroxylation is 2. The lowest BCUT2D eigenvalue weighted by Crippen LogP contribution is -2.34. The number of hydrogen-bond donors (Lipinski definition) is 1. The predicted octanol–water partition coefficient (Wildman–Crippen LogP) is 4.58. The minimum Gasteiger partial charge on any atom is -0.362 e. The molecule has 2 aromatic carbocycles. The van der Waals surface area contributed by atoms with Gasteiger partial charge in [0.25, 0.3) is 0 Å². The summed E-state index contributed by atoms with van der Waals surface area (Å²) >= 11 is 0. The molecule has 2 nitrogen and oxygen atoms in total. The predicted molar refractivity (Wildman–Crippen MR) is 97.9 cm³/mol. The van der Waals surface area contributed by atoms with Crippen LogP contribution in [0.5, 0.6) is 0 Å². The van der Waals surface area contributed by atoms with Crippen LogP contribution in [0.1, 0.15) is 39.7 Å². The molecular formula is C22H23N2. The van der Waals surface area contributed by atoms with Crippen LogP contribution in [-0.4, -0.2) is 16.4 Å². The van der Waals surface area contributed by atoms with Gasteiger partial charge in [-0.1, -0.05) is 48.5 Å². The third kappa shape index (κ3) is 2.78. The lowest BCUT2D eigenvalue weighted by Gasteiger charge is -2.36. The molecule has 1 atom stereocenters. The lowest BCUT2D eigenvalue weighted by molar-refractivity contribution is 0.206. The molecule has 0 aliphatic carbocycles. The van der Waals surface area contributed by atoms with Crippen molar-refractivity contribution in [1.82, 2.24) is 9.88 Å². The highest BCUT2D eigenvalue weighted by atomic mass is 15.2. The van der Waals surface area contributed by atoms with Crippen LogP contribution in [0.25, 0.3) is 0 Å². The molecule has 0 bridgehead atoms. The molecule has 1 unspecified atom stereocenters. The Kier molecular flexibility index (Phi) is 3.99. The van der Waals surface area contributed by atoms with Gasteiger partial charge in [0.1, 0.15) is 0 Å². The zero-order chi connectivity index (χ0) is 16.5. The van der Waals surface area contributed by atoms with Gasteiger partial charge in [0.2, 0.25) is 0 Å². The van der Waals surface area contributed by atoms with E-state index in [0.717, 1.165) is 19.5 Å². The molecule has 2 heteroatoms. The summed E-state index contributed by atoms with van der Waals surface area (Å²) < 4.78 is 0. The van der Waals surface area contributed by atoms with Crippen molar-refractivity contribution >= 4 is 0 Å². The highest BCUT2D eigenvalue weighted by molar-refractivity contribution is 5.38. The Bertz CT molecular complexity index is 832. The second-order valence-corrected chi connectivity index (χ2v) is 6.76. The number of nitrogens with zero attached hydrogens (tertiary/aromatic N) is 1. The van der Waals surface area contributed by atoms with Gasteiger partial charge in [0, 0.05) is 24.5 Å². The Labute approximate surface area is 144 Å². The van der Waals surface area contributed by atoms with Crippen molar-refractivity contribution in [3.05, 3.63) is 94.3 Å². The van der Waals surface area contributed by atoms with E-state index in [4.69, 9.17) is 0 Å². The van der Waals surface area contributed by atoms with Crippen LogP contribution < -0.4 is 0 Å². The molecule has 4 rings (SSSR count). The van der Waals surface area contributed by atoms with Crippen molar-refractivity contribution in [3.63, 3.8) is 0 Å². The Hall–Kier alpha value is -2.32. The van der Waals surface area contributed by atoms with Crippen molar-refractivity contribution < 1.29 is 0 Å². The Morgan fingerprint density at radius 3 is 2.67 bits per heavy atom. The van der Waals surface area contributed by atoms with Crippen LogP contribution in [0.3, 0.4) is 0 Å². The van der Waals surface area contributed by atoms with Gasteiger partial charge < -0.3 is 4.98 Å². The molecule has 1 aliphatic heterocycles. The minimum atomic E-state index is 0.300. The average molecular weight is 315 g/mol. The van der Waals surface area contributed by atoms with Gasteiger partial charge in [-0.25, -0.2) is 0 Å². The van der Waals surface area contributed by atoms with Crippen molar-refractivity contribution in [2.24, 2.45) is 0 Å². The molecule has 0 fully saturated rings. The highest BCUT2D eigenvalue weighted by Crippen LogP contribution is 2.34. The van der Waals surface area contributed by atoms with Gasteiger partial charge in [0.05, 0.1) is 6.04 Å². The first-order chi connectivity index (χ1) is 11.7. The molecule has 0 saturated heterocycles. The van der Waals surface area contributed by atoms with Crippen molar-refractivity contribution in [1.29, 1.82) is 0 Å². The molecule has 0 saturated carbocycles. The quantitative estimate of drug-likeness (QED) is 0.749. The molecule has 3 aromatic rings. The average Bonchev–Trinajstić information content (AvgIpc) is 2.94. The van der Waals surface area contributed by atoms with E-state index in [1.165, 1.54) is 33.6 Å². The van der Waals surface area contributed by atoms with Gasteiger partial charge in [0.15, 0.2) is 0 Å². The fourth-order valence-electron chi connectivity index (χ4n) is 3.92. The number of nitrogens with one attached hydrogen (secondary N) is 1. The number of rotatable bonds is 3. The molecule has 1 radical (unpaired) electrons. The topological polar surface area (TPSA) is 19.0 Å². The Balaban J connectivity index is 1.76. The summed E-state index contributed by atoms with van der Waals surface area (Å²) in [6.45, 7) is 6.40. The van der Waals surface area contributed by atoms with Crippen LogP contribution in [0.15, 0.2) is 54.6 Å². The van der Waals surface area contributed by atoms with Crippen molar-refractivity contribution in [2.75, 3.05) is 6.54 Å². The van der Waals surface area contributed by atoms with E-state index in [-0.39, 0.29) is 0 Å². The molecular weight excluding hydrogens is 292 g/mol. The van der Waals surface area contributed by atoms with Crippen LogP contribution in [-0.2, 0) is 13.0 Å². The third-order valence-corrected chi connectivity index (χ3v) is 5.06. The zero-order valence-corrected chi connectivity index (χ0v) is 14.3. The van der Waals surface area contributed by atoms with E-state index in [1.807, 2.05) is 6.07 Å². The van der Waals surface area contributed by atoms with Crippen molar-refractivity contribution in [3.8, 4) is 0 Å². The third-order valence-electron chi connectivity index (χ3n) is 5.06. The minimum absolute atomic E-state index is 0.300. The largest absolute Gasteiger partial charge is 0.362 e. The van der Waals surface area contributed by atoms with Gasteiger partial charge in [-0.15, -0.1) is 0 Å². The molecule has 1 N–H and O–H groups in total. The monoisotopic (exact) mass is 315 g/mol. The first-order valence-corrected chi connectivity index (χ1v) is 8.65.